The standard InChI is InChI=1S/C15H12F4N2O2/c16-9-2-1-3-10(8-9)23-7-6-20-15(22)21-12-5-4-11(17)13(18)14(12)19/h1-5,8H,6-7H2,(H2,20,21,22). The third-order valence-corrected chi connectivity index (χ3v) is 2.74. The SMILES string of the molecule is O=C(NCCOc1cccc(F)c1)Nc1ccc(F)c(F)c1F. The lowest BCUT2D eigenvalue weighted by atomic mass is 10.3. The summed E-state index contributed by atoms with van der Waals surface area (Å²) in [4.78, 5) is 11.5. The van der Waals surface area contributed by atoms with Crippen molar-refractivity contribution < 1.29 is 27.1 Å². The minimum Gasteiger partial charge on any atom is -0.492 e. The first-order valence-electron chi connectivity index (χ1n) is 6.54. The number of halogens is 4. The van der Waals surface area contributed by atoms with Crippen molar-refractivity contribution in [3.63, 3.8) is 0 Å². The van der Waals surface area contributed by atoms with E-state index < -0.39 is 35.0 Å². The van der Waals surface area contributed by atoms with E-state index in [1.54, 1.807) is 6.07 Å². The van der Waals surface area contributed by atoms with Crippen LogP contribution in [-0.4, -0.2) is 19.2 Å². The summed E-state index contributed by atoms with van der Waals surface area (Å²) in [5.41, 5.74) is -0.493. The number of carbonyl (C=O) groups excluding carboxylic acids is 1. The van der Waals surface area contributed by atoms with E-state index >= 15 is 0 Å². The number of urea groups is 1. The molecule has 0 fully saturated rings. The number of benzene rings is 2. The Bertz CT molecular complexity index is 710. The summed E-state index contributed by atoms with van der Waals surface area (Å²) >= 11 is 0. The van der Waals surface area contributed by atoms with Gasteiger partial charge < -0.3 is 15.4 Å². The van der Waals surface area contributed by atoms with Crippen molar-refractivity contribution in [1.82, 2.24) is 5.32 Å². The van der Waals surface area contributed by atoms with Crippen LogP contribution in [0.5, 0.6) is 5.75 Å². The van der Waals surface area contributed by atoms with Crippen molar-refractivity contribution >= 4 is 11.7 Å². The third-order valence-electron chi connectivity index (χ3n) is 2.74. The predicted molar refractivity (Wildman–Crippen MR) is 75.2 cm³/mol. The molecule has 2 aromatic rings. The van der Waals surface area contributed by atoms with Gasteiger partial charge >= 0.3 is 6.03 Å². The highest BCUT2D eigenvalue weighted by Crippen LogP contribution is 2.19. The molecule has 0 atom stereocenters. The lowest BCUT2D eigenvalue weighted by Crippen LogP contribution is -2.32. The summed E-state index contributed by atoms with van der Waals surface area (Å²) in [6.07, 6.45) is 0. The maximum Gasteiger partial charge on any atom is 0.319 e. The highest BCUT2D eigenvalue weighted by atomic mass is 19.2. The van der Waals surface area contributed by atoms with Crippen molar-refractivity contribution in [2.75, 3.05) is 18.5 Å². The molecule has 2 amide bonds. The van der Waals surface area contributed by atoms with Crippen LogP contribution < -0.4 is 15.4 Å². The average molecular weight is 328 g/mol. The molecule has 0 aliphatic rings. The normalized spacial score (nSPS) is 10.3. The van der Waals surface area contributed by atoms with Gasteiger partial charge in [0.2, 0.25) is 0 Å². The molecular formula is C15H12F4N2O2. The van der Waals surface area contributed by atoms with Gasteiger partial charge in [-0.25, -0.2) is 22.4 Å². The Morgan fingerprint density at radius 1 is 1.04 bits per heavy atom. The smallest absolute Gasteiger partial charge is 0.319 e. The molecule has 0 aromatic heterocycles. The Morgan fingerprint density at radius 2 is 1.83 bits per heavy atom. The van der Waals surface area contributed by atoms with E-state index in [1.807, 2.05) is 5.32 Å². The maximum absolute atomic E-state index is 13.4. The number of hydrogen-bond donors (Lipinski definition) is 2. The molecule has 0 unspecified atom stereocenters. The Morgan fingerprint density at radius 3 is 2.57 bits per heavy atom. The van der Waals surface area contributed by atoms with Gasteiger partial charge in [-0.2, -0.15) is 0 Å². The molecule has 0 spiro atoms. The minimum absolute atomic E-state index is 0.0354. The van der Waals surface area contributed by atoms with Gasteiger partial charge in [0.05, 0.1) is 12.2 Å². The molecule has 8 heteroatoms. The van der Waals surface area contributed by atoms with Crippen molar-refractivity contribution in [2.45, 2.75) is 0 Å². The zero-order valence-corrected chi connectivity index (χ0v) is 11.7. The largest absolute Gasteiger partial charge is 0.492 e. The molecule has 2 rings (SSSR count). The van der Waals surface area contributed by atoms with Gasteiger partial charge in [-0.3, -0.25) is 0 Å². The first kappa shape index (κ1) is 16.6. The van der Waals surface area contributed by atoms with Crippen LogP contribution in [-0.2, 0) is 0 Å². The summed E-state index contributed by atoms with van der Waals surface area (Å²) < 4.78 is 57.2. The summed E-state index contributed by atoms with van der Waals surface area (Å²) in [5, 5.41) is 4.36. The van der Waals surface area contributed by atoms with Crippen LogP contribution in [0.1, 0.15) is 0 Å². The van der Waals surface area contributed by atoms with Gasteiger partial charge in [0.1, 0.15) is 18.2 Å². The molecule has 122 valence electrons. The van der Waals surface area contributed by atoms with Crippen molar-refractivity contribution in [1.29, 1.82) is 0 Å². The Labute approximate surface area is 129 Å². The highest BCUT2D eigenvalue weighted by Gasteiger charge is 2.14. The lowest BCUT2D eigenvalue weighted by molar-refractivity contribution is 0.247. The molecule has 0 saturated carbocycles. The fourth-order valence-electron chi connectivity index (χ4n) is 1.68. The molecule has 0 aliphatic heterocycles. The summed E-state index contributed by atoms with van der Waals surface area (Å²) in [6.45, 7) is 0.0742. The van der Waals surface area contributed by atoms with Crippen LogP contribution in [0.25, 0.3) is 0 Å². The summed E-state index contributed by atoms with van der Waals surface area (Å²) in [6, 6.07) is 6.22. The maximum atomic E-state index is 13.4. The quantitative estimate of drug-likeness (QED) is 0.502. The Hall–Kier alpha value is -2.77. The van der Waals surface area contributed by atoms with Crippen LogP contribution in [0.2, 0.25) is 0 Å². The first-order valence-corrected chi connectivity index (χ1v) is 6.54. The van der Waals surface area contributed by atoms with Crippen molar-refractivity contribution in [2.24, 2.45) is 0 Å². The molecule has 2 N–H and O–H groups in total. The van der Waals surface area contributed by atoms with E-state index in [2.05, 4.69) is 5.32 Å². The number of carbonyl (C=O) groups is 1. The molecule has 2 aromatic carbocycles. The molecule has 0 saturated heterocycles. The minimum atomic E-state index is -1.67. The van der Waals surface area contributed by atoms with Gasteiger partial charge in [0, 0.05) is 6.07 Å². The second-order valence-corrected chi connectivity index (χ2v) is 4.41. The van der Waals surface area contributed by atoms with E-state index in [9.17, 15) is 22.4 Å². The third kappa shape index (κ3) is 4.60. The van der Waals surface area contributed by atoms with Gasteiger partial charge in [0.25, 0.3) is 0 Å². The second-order valence-electron chi connectivity index (χ2n) is 4.41. The lowest BCUT2D eigenvalue weighted by Gasteiger charge is -2.10. The monoisotopic (exact) mass is 328 g/mol. The highest BCUT2D eigenvalue weighted by molar-refractivity contribution is 5.89. The van der Waals surface area contributed by atoms with Gasteiger partial charge in [0.15, 0.2) is 17.5 Å². The van der Waals surface area contributed by atoms with Gasteiger partial charge in [-0.1, -0.05) is 6.07 Å². The number of anilines is 1. The molecule has 0 bridgehead atoms. The van der Waals surface area contributed by atoms with E-state index in [4.69, 9.17) is 4.74 Å². The van der Waals surface area contributed by atoms with E-state index in [1.165, 1.54) is 18.2 Å². The fourth-order valence-corrected chi connectivity index (χ4v) is 1.68. The van der Waals surface area contributed by atoms with Gasteiger partial charge in [-0.15, -0.1) is 0 Å². The average Bonchev–Trinajstić information content (AvgIpc) is 2.52. The molecule has 4 nitrogen and oxygen atoms in total. The second kappa shape index (κ2) is 7.48. The number of nitrogens with one attached hydrogen (secondary N) is 2. The van der Waals surface area contributed by atoms with E-state index in [-0.39, 0.29) is 13.2 Å². The molecule has 0 heterocycles. The summed E-state index contributed by atoms with van der Waals surface area (Å²) in [5.74, 6) is -4.67. The molecular weight excluding hydrogens is 316 g/mol. The van der Waals surface area contributed by atoms with Crippen LogP contribution in [0.3, 0.4) is 0 Å². The predicted octanol–water partition coefficient (Wildman–Crippen LogP) is 3.44. The molecule has 0 radical (unpaired) electrons. The van der Waals surface area contributed by atoms with Crippen LogP contribution in [0.4, 0.5) is 28.0 Å². The number of hydrogen-bond acceptors (Lipinski definition) is 2. The molecule has 0 aliphatic carbocycles. The van der Waals surface area contributed by atoms with Crippen LogP contribution in [0, 0.1) is 23.3 Å². The van der Waals surface area contributed by atoms with E-state index in [0.717, 1.165) is 6.07 Å². The first-order chi connectivity index (χ1) is 11.0. The zero-order chi connectivity index (χ0) is 16.8. The fraction of sp³-hybridized carbons (Fsp3) is 0.133. The molecule has 23 heavy (non-hydrogen) atoms. The topological polar surface area (TPSA) is 50.4 Å². The van der Waals surface area contributed by atoms with Gasteiger partial charge in [-0.05, 0) is 24.3 Å². The van der Waals surface area contributed by atoms with Crippen LogP contribution >= 0.6 is 0 Å². The number of rotatable bonds is 5. The zero-order valence-electron chi connectivity index (χ0n) is 11.7. The van der Waals surface area contributed by atoms with Crippen molar-refractivity contribution in [3.8, 4) is 5.75 Å². The summed E-state index contributed by atoms with van der Waals surface area (Å²) in [7, 11) is 0. The number of amides is 2. The Balaban J connectivity index is 1.78. The Kier molecular flexibility index (Phi) is 5.40. The number of ether oxygens (including phenoxy) is 1. The van der Waals surface area contributed by atoms with Crippen LogP contribution in [0.15, 0.2) is 36.4 Å². The van der Waals surface area contributed by atoms with Crippen molar-refractivity contribution in [3.05, 3.63) is 59.7 Å². The van der Waals surface area contributed by atoms with E-state index in [0.29, 0.717) is 11.8 Å².